The second-order valence-corrected chi connectivity index (χ2v) is 6.47. The van der Waals surface area contributed by atoms with Crippen LogP contribution in [0, 0.1) is 6.92 Å². The van der Waals surface area contributed by atoms with Crippen molar-refractivity contribution in [1.82, 2.24) is 9.97 Å². The molecule has 1 aromatic carbocycles. The molecule has 0 aliphatic heterocycles. The summed E-state index contributed by atoms with van der Waals surface area (Å²) < 4.78 is 61.4. The molecule has 0 fully saturated rings. The second-order valence-electron chi connectivity index (χ2n) is 4.56. The first kappa shape index (κ1) is 15.4. The Morgan fingerprint density at radius 2 is 1.62 bits per heavy atom. The van der Waals surface area contributed by atoms with E-state index in [9.17, 15) is 21.6 Å². The van der Waals surface area contributed by atoms with Gasteiger partial charge in [-0.3, -0.25) is 0 Å². The predicted molar refractivity (Wildman–Crippen MR) is 70.3 cm³/mol. The Morgan fingerprint density at radius 1 is 1.05 bits per heavy atom. The SMILES string of the molecule is Cc1ccc(-c2cc(C(F)(F)F)nc(S(C)(=O)=O)n2)cc1. The van der Waals surface area contributed by atoms with Gasteiger partial charge in [0.25, 0.3) is 0 Å². The molecule has 1 aromatic heterocycles. The number of halogens is 3. The van der Waals surface area contributed by atoms with Crippen LogP contribution < -0.4 is 0 Å². The summed E-state index contributed by atoms with van der Waals surface area (Å²) in [4.78, 5) is 6.81. The smallest absolute Gasteiger partial charge is 0.221 e. The topological polar surface area (TPSA) is 59.9 Å². The van der Waals surface area contributed by atoms with Gasteiger partial charge >= 0.3 is 6.18 Å². The Balaban J connectivity index is 2.69. The zero-order chi connectivity index (χ0) is 15.8. The lowest BCUT2D eigenvalue weighted by Gasteiger charge is -2.10. The molecule has 112 valence electrons. The van der Waals surface area contributed by atoms with Crippen molar-refractivity contribution in [2.45, 2.75) is 18.3 Å². The molecule has 0 bridgehead atoms. The quantitative estimate of drug-likeness (QED) is 0.799. The summed E-state index contributed by atoms with van der Waals surface area (Å²) in [6, 6.07) is 7.28. The Labute approximate surface area is 119 Å². The van der Waals surface area contributed by atoms with E-state index in [1.807, 2.05) is 6.92 Å². The highest BCUT2D eigenvalue weighted by molar-refractivity contribution is 7.90. The van der Waals surface area contributed by atoms with Crippen LogP contribution >= 0.6 is 0 Å². The van der Waals surface area contributed by atoms with E-state index < -0.39 is 26.9 Å². The van der Waals surface area contributed by atoms with E-state index in [0.717, 1.165) is 17.9 Å². The zero-order valence-corrected chi connectivity index (χ0v) is 12.0. The zero-order valence-electron chi connectivity index (χ0n) is 11.1. The molecule has 2 rings (SSSR count). The number of alkyl halides is 3. The molecule has 0 unspecified atom stereocenters. The molecule has 0 atom stereocenters. The summed E-state index contributed by atoms with van der Waals surface area (Å²) in [5, 5.41) is -0.840. The van der Waals surface area contributed by atoms with Gasteiger partial charge in [-0.1, -0.05) is 29.8 Å². The fraction of sp³-hybridized carbons (Fsp3) is 0.231. The Bertz CT molecular complexity index is 769. The highest BCUT2D eigenvalue weighted by Gasteiger charge is 2.34. The summed E-state index contributed by atoms with van der Waals surface area (Å²) in [7, 11) is -3.95. The number of benzene rings is 1. The van der Waals surface area contributed by atoms with Crippen LogP contribution in [-0.2, 0) is 16.0 Å². The summed E-state index contributed by atoms with van der Waals surface area (Å²) in [6.07, 6.45) is -3.98. The lowest BCUT2D eigenvalue weighted by molar-refractivity contribution is -0.141. The molecule has 0 radical (unpaired) electrons. The number of hydrogen-bond acceptors (Lipinski definition) is 4. The van der Waals surface area contributed by atoms with Gasteiger partial charge in [0.1, 0.15) is 5.69 Å². The van der Waals surface area contributed by atoms with Crippen molar-refractivity contribution >= 4 is 9.84 Å². The largest absolute Gasteiger partial charge is 0.433 e. The van der Waals surface area contributed by atoms with E-state index in [1.165, 1.54) is 0 Å². The molecule has 21 heavy (non-hydrogen) atoms. The van der Waals surface area contributed by atoms with Crippen LogP contribution in [0.25, 0.3) is 11.3 Å². The van der Waals surface area contributed by atoms with Gasteiger partial charge in [0.2, 0.25) is 15.0 Å². The fourth-order valence-corrected chi connectivity index (χ4v) is 2.14. The molecule has 0 saturated carbocycles. The molecule has 0 amide bonds. The Hall–Kier alpha value is -1.96. The van der Waals surface area contributed by atoms with Gasteiger partial charge in [0.15, 0.2) is 0 Å². The van der Waals surface area contributed by atoms with Gasteiger partial charge in [-0.05, 0) is 13.0 Å². The molecular weight excluding hydrogens is 305 g/mol. The third-order valence-electron chi connectivity index (χ3n) is 2.68. The molecular formula is C13H11F3N2O2S. The van der Waals surface area contributed by atoms with Crippen molar-refractivity contribution in [3.63, 3.8) is 0 Å². The van der Waals surface area contributed by atoms with Crippen LogP contribution in [0.1, 0.15) is 11.3 Å². The van der Waals surface area contributed by atoms with Crippen molar-refractivity contribution in [3.05, 3.63) is 41.6 Å². The van der Waals surface area contributed by atoms with Gasteiger partial charge in [-0.2, -0.15) is 13.2 Å². The van der Waals surface area contributed by atoms with Crippen molar-refractivity contribution < 1.29 is 21.6 Å². The molecule has 2 aromatic rings. The maximum atomic E-state index is 12.8. The maximum Gasteiger partial charge on any atom is 0.433 e. The Morgan fingerprint density at radius 3 is 2.10 bits per heavy atom. The number of rotatable bonds is 2. The second kappa shape index (κ2) is 5.10. The third-order valence-corrected chi connectivity index (χ3v) is 3.52. The van der Waals surface area contributed by atoms with E-state index in [2.05, 4.69) is 9.97 Å². The van der Waals surface area contributed by atoms with Crippen molar-refractivity contribution in [2.24, 2.45) is 0 Å². The number of hydrogen-bond donors (Lipinski definition) is 0. The monoisotopic (exact) mass is 316 g/mol. The average Bonchev–Trinajstić information content (AvgIpc) is 2.37. The van der Waals surface area contributed by atoms with Crippen molar-refractivity contribution in [1.29, 1.82) is 0 Å². The van der Waals surface area contributed by atoms with Crippen LogP contribution in [0.3, 0.4) is 0 Å². The van der Waals surface area contributed by atoms with Gasteiger partial charge in [-0.25, -0.2) is 18.4 Å². The van der Waals surface area contributed by atoms with E-state index in [0.29, 0.717) is 5.56 Å². The summed E-state index contributed by atoms with van der Waals surface area (Å²) in [5.74, 6) is 0. The highest BCUT2D eigenvalue weighted by Crippen LogP contribution is 2.31. The number of aromatic nitrogens is 2. The standard InChI is InChI=1S/C13H11F3N2O2S/c1-8-3-5-9(6-4-8)10-7-11(13(14,15)16)18-12(17-10)21(2,19)20/h3-7H,1-2H3. The minimum Gasteiger partial charge on any atom is -0.221 e. The predicted octanol–water partition coefficient (Wildman–Crippen LogP) is 2.87. The number of nitrogens with zero attached hydrogens (tertiary/aromatic N) is 2. The van der Waals surface area contributed by atoms with Crippen LogP contribution in [-0.4, -0.2) is 24.6 Å². The van der Waals surface area contributed by atoms with Gasteiger partial charge in [-0.15, -0.1) is 0 Å². The van der Waals surface area contributed by atoms with E-state index in [4.69, 9.17) is 0 Å². The summed E-state index contributed by atoms with van der Waals surface area (Å²) >= 11 is 0. The van der Waals surface area contributed by atoms with E-state index >= 15 is 0 Å². The molecule has 0 aliphatic carbocycles. The average molecular weight is 316 g/mol. The maximum absolute atomic E-state index is 12.8. The molecule has 1 heterocycles. The van der Waals surface area contributed by atoms with Crippen molar-refractivity contribution in [2.75, 3.05) is 6.26 Å². The summed E-state index contributed by atoms with van der Waals surface area (Å²) in [6.45, 7) is 1.83. The van der Waals surface area contributed by atoms with Crippen LogP contribution in [0.4, 0.5) is 13.2 Å². The number of sulfone groups is 1. The third kappa shape index (κ3) is 3.57. The van der Waals surface area contributed by atoms with E-state index in [-0.39, 0.29) is 5.69 Å². The first-order chi connectivity index (χ1) is 9.57. The Kier molecular flexibility index (Phi) is 3.75. The molecule has 4 nitrogen and oxygen atoms in total. The van der Waals surface area contributed by atoms with Crippen LogP contribution in [0.15, 0.2) is 35.5 Å². The molecule has 0 N–H and O–H groups in total. The first-order valence-corrected chi connectivity index (χ1v) is 7.70. The number of aryl methyl sites for hydroxylation is 1. The van der Waals surface area contributed by atoms with Crippen LogP contribution in [0.2, 0.25) is 0 Å². The van der Waals surface area contributed by atoms with Gasteiger partial charge in [0, 0.05) is 11.8 Å². The molecule has 0 aliphatic rings. The normalized spacial score (nSPS) is 12.4. The van der Waals surface area contributed by atoms with E-state index in [1.54, 1.807) is 24.3 Å². The first-order valence-electron chi connectivity index (χ1n) is 5.81. The minimum atomic E-state index is -4.75. The van der Waals surface area contributed by atoms with Gasteiger partial charge in [0.05, 0.1) is 5.69 Å². The molecule has 8 heteroatoms. The minimum absolute atomic E-state index is 0.0854. The molecule has 0 spiro atoms. The molecule has 0 saturated heterocycles. The van der Waals surface area contributed by atoms with Gasteiger partial charge < -0.3 is 0 Å². The van der Waals surface area contributed by atoms with Crippen LogP contribution in [0.5, 0.6) is 0 Å². The van der Waals surface area contributed by atoms with Crippen molar-refractivity contribution in [3.8, 4) is 11.3 Å². The lowest BCUT2D eigenvalue weighted by atomic mass is 10.1. The fourth-order valence-electron chi connectivity index (χ4n) is 1.61. The lowest BCUT2D eigenvalue weighted by Crippen LogP contribution is -2.14. The summed E-state index contributed by atoms with van der Waals surface area (Å²) in [5.41, 5.74) is -0.0585. The highest BCUT2D eigenvalue weighted by atomic mass is 32.2.